The number of rotatable bonds is 8. The quantitative estimate of drug-likeness (QED) is 0.529. The van der Waals surface area contributed by atoms with Gasteiger partial charge in [-0.1, -0.05) is 12.1 Å². The summed E-state index contributed by atoms with van der Waals surface area (Å²) in [5, 5.41) is 11.6. The highest BCUT2D eigenvalue weighted by atomic mass is 16.5. The summed E-state index contributed by atoms with van der Waals surface area (Å²) in [6.07, 6.45) is -0.215. The Bertz CT molecular complexity index is 609. The Morgan fingerprint density at radius 2 is 1.75 bits per heavy atom. The van der Waals surface area contributed by atoms with Crippen molar-refractivity contribution in [2.45, 2.75) is 32.2 Å². The summed E-state index contributed by atoms with van der Waals surface area (Å²) < 4.78 is 9.30. The Labute approximate surface area is 138 Å². The van der Waals surface area contributed by atoms with Gasteiger partial charge in [0.2, 0.25) is 5.91 Å². The minimum atomic E-state index is -1.19. The molecule has 1 rings (SSSR count). The van der Waals surface area contributed by atoms with Crippen LogP contribution in [0.25, 0.3) is 0 Å². The van der Waals surface area contributed by atoms with Gasteiger partial charge >= 0.3 is 17.9 Å². The largest absolute Gasteiger partial charge is 0.480 e. The highest BCUT2D eigenvalue weighted by molar-refractivity contribution is 5.85. The number of aliphatic carboxylic acids is 1. The summed E-state index contributed by atoms with van der Waals surface area (Å²) in [6, 6.07) is 5.15. The molecular formula is C16H19NO7. The fourth-order valence-corrected chi connectivity index (χ4v) is 1.88. The summed E-state index contributed by atoms with van der Waals surface area (Å²) in [5.41, 5.74) is 0.645. The lowest BCUT2D eigenvalue weighted by Crippen LogP contribution is -2.42. The molecule has 130 valence electrons. The third-order valence-electron chi connectivity index (χ3n) is 3.04. The number of methoxy groups -OCH3 is 1. The zero-order valence-corrected chi connectivity index (χ0v) is 13.4. The van der Waals surface area contributed by atoms with E-state index in [1.807, 2.05) is 0 Å². The van der Waals surface area contributed by atoms with Crippen molar-refractivity contribution in [3.05, 3.63) is 29.8 Å². The van der Waals surface area contributed by atoms with E-state index in [2.05, 4.69) is 10.1 Å². The van der Waals surface area contributed by atoms with Gasteiger partial charge in [0.25, 0.3) is 0 Å². The predicted octanol–water partition coefficient (Wildman–Crippen LogP) is 0.677. The summed E-state index contributed by atoms with van der Waals surface area (Å²) in [4.78, 5) is 44.8. The number of esters is 2. The highest BCUT2D eigenvalue weighted by Crippen LogP contribution is 2.14. The van der Waals surface area contributed by atoms with Gasteiger partial charge in [-0.3, -0.25) is 14.4 Å². The van der Waals surface area contributed by atoms with Gasteiger partial charge in [0.1, 0.15) is 11.8 Å². The molecule has 0 aromatic heterocycles. The molecule has 1 aromatic carbocycles. The van der Waals surface area contributed by atoms with Crippen LogP contribution in [0.3, 0.4) is 0 Å². The lowest BCUT2D eigenvalue weighted by molar-refractivity contribution is -0.143. The van der Waals surface area contributed by atoms with Crippen LogP contribution in [0, 0.1) is 0 Å². The van der Waals surface area contributed by atoms with Crippen LogP contribution in [-0.2, 0) is 30.3 Å². The molecule has 0 saturated heterocycles. The maximum absolute atomic E-state index is 11.7. The van der Waals surface area contributed by atoms with Gasteiger partial charge in [-0.15, -0.1) is 0 Å². The fraction of sp³-hybridized carbons (Fsp3) is 0.375. The van der Waals surface area contributed by atoms with Gasteiger partial charge in [0, 0.05) is 19.8 Å². The second-order valence-corrected chi connectivity index (χ2v) is 4.98. The average molecular weight is 337 g/mol. The second kappa shape index (κ2) is 9.29. The Hall–Kier alpha value is -2.90. The number of amides is 1. The molecule has 1 atom stereocenters. The van der Waals surface area contributed by atoms with Crippen LogP contribution in [0.1, 0.15) is 25.3 Å². The smallest absolute Gasteiger partial charge is 0.326 e. The first-order chi connectivity index (χ1) is 11.3. The van der Waals surface area contributed by atoms with Crippen molar-refractivity contribution < 1.29 is 33.8 Å². The van der Waals surface area contributed by atoms with E-state index < -0.39 is 29.9 Å². The Kier molecular flexibility index (Phi) is 7.41. The number of benzene rings is 1. The molecule has 0 spiro atoms. The van der Waals surface area contributed by atoms with E-state index in [0.29, 0.717) is 11.3 Å². The van der Waals surface area contributed by atoms with Crippen molar-refractivity contribution in [1.82, 2.24) is 5.32 Å². The summed E-state index contributed by atoms with van der Waals surface area (Å²) in [7, 11) is 1.21. The van der Waals surface area contributed by atoms with Crippen molar-refractivity contribution in [3.8, 4) is 5.75 Å². The molecule has 0 aliphatic heterocycles. The molecule has 1 unspecified atom stereocenters. The average Bonchev–Trinajstić information content (AvgIpc) is 2.53. The summed E-state index contributed by atoms with van der Waals surface area (Å²) >= 11 is 0. The number of carbonyl (C=O) groups is 4. The van der Waals surface area contributed by atoms with Crippen LogP contribution >= 0.6 is 0 Å². The third-order valence-corrected chi connectivity index (χ3v) is 3.04. The molecule has 0 aliphatic rings. The lowest BCUT2D eigenvalue weighted by atomic mass is 10.1. The standard InChI is InChI=1S/C16H19NO7/c1-10(18)24-12-5-3-11(4-6-12)9-13(16(21)22)17-14(19)7-8-15(20)23-2/h3-6,13H,7-9H2,1-2H3,(H,17,19)(H,21,22). The van der Waals surface area contributed by atoms with Crippen molar-refractivity contribution in [1.29, 1.82) is 0 Å². The van der Waals surface area contributed by atoms with Crippen molar-refractivity contribution in [2.75, 3.05) is 7.11 Å². The fourth-order valence-electron chi connectivity index (χ4n) is 1.88. The second-order valence-electron chi connectivity index (χ2n) is 4.98. The van der Waals surface area contributed by atoms with Gasteiger partial charge in [0.15, 0.2) is 0 Å². The van der Waals surface area contributed by atoms with Crippen molar-refractivity contribution in [3.63, 3.8) is 0 Å². The van der Waals surface area contributed by atoms with Crippen LogP contribution in [0.15, 0.2) is 24.3 Å². The van der Waals surface area contributed by atoms with Crippen molar-refractivity contribution in [2.24, 2.45) is 0 Å². The van der Waals surface area contributed by atoms with Crippen LogP contribution < -0.4 is 10.1 Å². The molecule has 0 radical (unpaired) electrons. The maximum atomic E-state index is 11.7. The molecule has 2 N–H and O–H groups in total. The minimum absolute atomic E-state index is 0.0552. The van der Waals surface area contributed by atoms with Crippen LogP contribution in [0.2, 0.25) is 0 Å². The first kappa shape index (κ1) is 19.1. The van der Waals surface area contributed by atoms with Gasteiger partial charge in [0.05, 0.1) is 13.5 Å². The number of carboxylic acid groups (broad SMARTS) is 1. The van der Waals surface area contributed by atoms with E-state index in [1.54, 1.807) is 12.1 Å². The van der Waals surface area contributed by atoms with Gasteiger partial charge in [-0.2, -0.15) is 0 Å². The number of carboxylic acids is 1. The normalized spacial score (nSPS) is 11.2. The first-order valence-corrected chi connectivity index (χ1v) is 7.18. The maximum Gasteiger partial charge on any atom is 0.326 e. The third kappa shape index (κ3) is 6.91. The molecule has 1 amide bonds. The molecular weight excluding hydrogens is 318 g/mol. The molecule has 0 heterocycles. The molecule has 0 bridgehead atoms. The molecule has 0 fully saturated rings. The topological polar surface area (TPSA) is 119 Å². The van der Waals surface area contributed by atoms with E-state index in [9.17, 15) is 24.3 Å². The van der Waals surface area contributed by atoms with E-state index >= 15 is 0 Å². The number of nitrogens with one attached hydrogen (secondary N) is 1. The Balaban J connectivity index is 2.62. The lowest BCUT2D eigenvalue weighted by Gasteiger charge is -2.14. The van der Waals surface area contributed by atoms with E-state index in [4.69, 9.17) is 4.74 Å². The van der Waals surface area contributed by atoms with E-state index in [1.165, 1.54) is 26.2 Å². The summed E-state index contributed by atoms with van der Waals surface area (Å²) in [6.45, 7) is 1.28. The number of hydrogen-bond acceptors (Lipinski definition) is 6. The zero-order valence-electron chi connectivity index (χ0n) is 13.4. The summed E-state index contributed by atoms with van der Waals surface area (Å²) in [5.74, 6) is -2.39. The minimum Gasteiger partial charge on any atom is -0.480 e. The predicted molar refractivity (Wildman–Crippen MR) is 82.3 cm³/mol. The molecule has 8 nitrogen and oxygen atoms in total. The molecule has 0 saturated carbocycles. The monoisotopic (exact) mass is 337 g/mol. The Morgan fingerprint density at radius 1 is 1.12 bits per heavy atom. The van der Waals surface area contributed by atoms with Gasteiger partial charge in [-0.05, 0) is 17.7 Å². The number of carbonyl (C=O) groups excluding carboxylic acids is 3. The highest BCUT2D eigenvalue weighted by Gasteiger charge is 2.21. The zero-order chi connectivity index (χ0) is 18.1. The number of hydrogen-bond donors (Lipinski definition) is 2. The molecule has 0 aliphatic carbocycles. The van der Waals surface area contributed by atoms with Crippen LogP contribution in [0.5, 0.6) is 5.75 Å². The van der Waals surface area contributed by atoms with E-state index in [0.717, 1.165) is 0 Å². The first-order valence-electron chi connectivity index (χ1n) is 7.18. The number of ether oxygens (including phenoxy) is 2. The molecule has 1 aromatic rings. The molecule has 24 heavy (non-hydrogen) atoms. The van der Waals surface area contributed by atoms with Gasteiger partial charge < -0.3 is 19.9 Å². The van der Waals surface area contributed by atoms with Gasteiger partial charge in [-0.25, -0.2) is 4.79 Å². The van der Waals surface area contributed by atoms with Crippen molar-refractivity contribution >= 4 is 23.8 Å². The molecule has 8 heteroatoms. The Morgan fingerprint density at radius 3 is 2.25 bits per heavy atom. The SMILES string of the molecule is COC(=O)CCC(=O)NC(Cc1ccc(OC(C)=O)cc1)C(=O)O. The van der Waals surface area contributed by atoms with E-state index in [-0.39, 0.29) is 19.3 Å². The van der Waals surface area contributed by atoms with Crippen LogP contribution in [0.4, 0.5) is 0 Å². The van der Waals surface area contributed by atoms with Crippen LogP contribution in [-0.4, -0.2) is 42.1 Å².